The quantitative estimate of drug-likeness (QED) is 0.518. The van der Waals surface area contributed by atoms with Crippen molar-refractivity contribution in [2.45, 2.75) is 84.1 Å². The highest BCUT2D eigenvalue weighted by Gasteiger charge is 2.68. The number of carbonyl (C=O) groups excluding carboxylic acids is 1. The molecule has 5 atom stereocenters. The summed E-state index contributed by atoms with van der Waals surface area (Å²) >= 11 is 0. The van der Waals surface area contributed by atoms with Crippen LogP contribution in [0.15, 0.2) is 18.2 Å². The van der Waals surface area contributed by atoms with Gasteiger partial charge < -0.3 is 24.5 Å². The van der Waals surface area contributed by atoms with E-state index in [0.29, 0.717) is 35.0 Å². The van der Waals surface area contributed by atoms with Crippen molar-refractivity contribution < 1.29 is 23.6 Å². The highest BCUT2D eigenvalue weighted by atomic mass is 35.5. The molecule has 0 spiro atoms. The SMILES string of the molecule is COc1c(CC(N)B2O[C@@H]3C[C@@H]4C[C@@H](C4(C)C)[C@]3(C)O2)cccc1C(=O)OC(C)(C)C.Cl. The highest BCUT2D eigenvalue weighted by Crippen LogP contribution is 2.65. The maximum absolute atomic E-state index is 12.7. The molecule has 1 aliphatic heterocycles. The number of esters is 1. The van der Waals surface area contributed by atoms with Gasteiger partial charge in [-0.25, -0.2) is 4.79 Å². The minimum Gasteiger partial charge on any atom is -0.496 e. The Morgan fingerprint density at radius 1 is 1.28 bits per heavy atom. The Morgan fingerprint density at radius 3 is 2.56 bits per heavy atom. The Balaban J connectivity index is 0.00000289. The molecule has 1 unspecified atom stereocenters. The first-order chi connectivity index (χ1) is 14.4. The molecule has 1 aromatic rings. The van der Waals surface area contributed by atoms with Gasteiger partial charge in [0.15, 0.2) is 0 Å². The molecule has 1 aromatic carbocycles. The molecule has 0 aromatic heterocycles. The summed E-state index contributed by atoms with van der Waals surface area (Å²) in [6.45, 7) is 12.4. The lowest BCUT2D eigenvalue weighted by atomic mass is 9.43. The van der Waals surface area contributed by atoms with Gasteiger partial charge in [-0.15, -0.1) is 12.4 Å². The summed E-state index contributed by atoms with van der Waals surface area (Å²) in [5, 5.41) is 0. The molecule has 178 valence electrons. The van der Waals surface area contributed by atoms with Crippen LogP contribution in [-0.4, -0.2) is 43.4 Å². The van der Waals surface area contributed by atoms with Crippen molar-refractivity contribution in [2.24, 2.45) is 23.0 Å². The molecule has 0 amide bonds. The van der Waals surface area contributed by atoms with Gasteiger partial charge in [0, 0.05) is 5.94 Å². The van der Waals surface area contributed by atoms with Gasteiger partial charge in [-0.1, -0.05) is 26.0 Å². The Hall–Kier alpha value is -1.28. The number of ether oxygens (including phenoxy) is 2. The fourth-order valence-corrected chi connectivity index (χ4v) is 5.91. The van der Waals surface area contributed by atoms with Crippen LogP contribution in [-0.2, 0) is 20.5 Å². The minimum atomic E-state index is -0.583. The van der Waals surface area contributed by atoms with Gasteiger partial charge in [-0.05, 0) is 75.8 Å². The predicted molar refractivity (Wildman–Crippen MR) is 127 cm³/mol. The number of hydrogen-bond acceptors (Lipinski definition) is 6. The van der Waals surface area contributed by atoms with Crippen molar-refractivity contribution in [2.75, 3.05) is 7.11 Å². The van der Waals surface area contributed by atoms with Crippen LogP contribution in [0.4, 0.5) is 0 Å². The maximum atomic E-state index is 12.7. The first kappa shape index (κ1) is 25.3. The zero-order chi connectivity index (χ0) is 22.8. The van der Waals surface area contributed by atoms with E-state index in [-0.39, 0.29) is 30.1 Å². The standard InChI is InChI=1S/C24H36BNO5.ClH/c1-22(2,3)29-21(27)16-10-8-9-14(20(16)28-7)11-19(26)25-30-18-13-15-12-17(23(15,4)5)24(18,6)31-25;/h8-10,15,17-19H,11-13,26H2,1-7H3;1H/t15-,17-,18+,19?,24-;/m0./s1. The van der Waals surface area contributed by atoms with Crippen LogP contribution in [0.5, 0.6) is 5.75 Å². The summed E-state index contributed by atoms with van der Waals surface area (Å²) in [6.07, 6.45) is 2.80. The molecule has 32 heavy (non-hydrogen) atoms. The van der Waals surface area contributed by atoms with Crippen LogP contribution in [0.1, 0.15) is 70.3 Å². The molecule has 0 radical (unpaired) electrons. The fourth-order valence-electron chi connectivity index (χ4n) is 5.91. The lowest BCUT2D eigenvalue weighted by Gasteiger charge is -2.64. The van der Waals surface area contributed by atoms with E-state index in [1.165, 1.54) is 6.42 Å². The molecule has 2 bridgehead atoms. The Labute approximate surface area is 198 Å². The largest absolute Gasteiger partial charge is 0.496 e. The predicted octanol–water partition coefficient (Wildman–Crippen LogP) is 4.21. The van der Waals surface area contributed by atoms with E-state index < -0.39 is 18.7 Å². The van der Waals surface area contributed by atoms with Crippen LogP contribution in [0.2, 0.25) is 0 Å². The topological polar surface area (TPSA) is 80.0 Å². The first-order valence-corrected chi connectivity index (χ1v) is 11.3. The zero-order valence-electron chi connectivity index (χ0n) is 20.3. The molecular weight excluding hydrogens is 429 g/mol. The lowest BCUT2D eigenvalue weighted by molar-refractivity contribution is -0.199. The monoisotopic (exact) mass is 465 g/mol. The fraction of sp³-hybridized carbons (Fsp3) is 0.708. The van der Waals surface area contributed by atoms with Crippen LogP contribution >= 0.6 is 12.4 Å². The van der Waals surface area contributed by atoms with Gasteiger partial charge in [0.25, 0.3) is 0 Å². The van der Waals surface area contributed by atoms with Crippen molar-refractivity contribution in [1.82, 2.24) is 0 Å². The van der Waals surface area contributed by atoms with Crippen molar-refractivity contribution >= 4 is 25.5 Å². The number of rotatable bonds is 5. The summed E-state index contributed by atoms with van der Waals surface area (Å²) < 4.78 is 24.0. The lowest BCUT2D eigenvalue weighted by Crippen LogP contribution is -2.65. The van der Waals surface area contributed by atoms with E-state index in [9.17, 15) is 4.79 Å². The molecule has 1 heterocycles. The number of methoxy groups -OCH3 is 1. The maximum Gasteiger partial charge on any atom is 0.475 e. The van der Waals surface area contributed by atoms with Crippen LogP contribution in [0.3, 0.4) is 0 Å². The van der Waals surface area contributed by atoms with Crippen LogP contribution in [0, 0.1) is 17.3 Å². The smallest absolute Gasteiger partial charge is 0.475 e. The molecular formula is C24H37BClNO5. The minimum absolute atomic E-state index is 0. The Kier molecular flexibility index (Phi) is 6.73. The van der Waals surface area contributed by atoms with Crippen molar-refractivity contribution in [3.63, 3.8) is 0 Å². The molecule has 8 heteroatoms. The number of nitrogens with two attached hydrogens (primary N) is 1. The third-order valence-electron chi connectivity index (χ3n) is 7.69. The average Bonchev–Trinajstić information content (AvgIpc) is 3.03. The Morgan fingerprint density at radius 2 is 1.97 bits per heavy atom. The molecule has 2 N–H and O–H groups in total. The number of para-hydroxylation sites is 1. The zero-order valence-corrected chi connectivity index (χ0v) is 21.1. The summed E-state index contributed by atoms with van der Waals surface area (Å²) in [7, 11) is 1.09. The van der Waals surface area contributed by atoms with Gasteiger partial charge in [-0.3, -0.25) is 0 Å². The van der Waals surface area contributed by atoms with Crippen LogP contribution < -0.4 is 10.5 Å². The second kappa shape index (κ2) is 8.50. The Bertz CT molecular complexity index is 872. The molecule has 4 aliphatic rings. The molecule has 3 aliphatic carbocycles. The summed E-state index contributed by atoms with van der Waals surface area (Å²) in [4.78, 5) is 12.7. The van der Waals surface area contributed by atoms with E-state index in [2.05, 4.69) is 20.8 Å². The van der Waals surface area contributed by atoms with E-state index in [0.717, 1.165) is 12.0 Å². The third-order valence-corrected chi connectivity index (χ3v) is 7.69. The second-order valence-electron chi connectivity index (χ2n) is 11.2. The summed E-state index contributed by atoms with van der Waals surface area (Å²) in [6, 6.07) is 5.48. The van der Waals surface area contributed by atoms with Gasteiger partial charge in [-0.2, -0.15) is 0 Å². The second-order valence-corrected chi connectivity index (χ2v) is 11.2. The third kappa shape index (κ3) is 4.17. The van der Waals surface area contributed by atoms with Gasteiger partial charge in [0.05, 0.1) is 18.8 Å². The number of halogens is 1. The van der Waals surface area contributed by atoms with Crippen molar-refractivity contribution in [1.29, 1.82) is 0 Å². The number of benzene rings is 1. The van der Waals surface area contributed by atoms with E-state index >= 15 is 0 Å². The number of hydrogen-bond donors (Lipinski definition) is 1. The normalized spacial score (nSPS) is 31.1. The van der Waals surface area contributed by atoms with Crippen molar-refractivity contribution in [3.8, 4) is 5.75 Å². The first-order valence-electron chi connectivity index (χ1n) is 11.3. The van der Waals surface area contributed by atoms with E-state index in [4.69, 9.17) is 24.5 Å². The molecule has 3 saturated carbocycles. The summed E-state index contributed by atoms with van der Waals surface area (Å²) in [5.41, 5.74) is 7.24. The summed E-state index contributed by atoms with van der Waals surface area (Å²) in [5.74, 6) is 0.905. The highest BCUT2D eigenvalue weighted by molar-refractivity contribution is 6.47. The molecule has 6 nitrogen and oxygen atoms in total. The van der Waals surface area contributed by atoms with Crippen molar-refractivity contribution in [3.05, 3.63) is 29.3 Å². The van der Waals surface area contributed by atoms with Gasteiger partial charge >= 0.3 is 13.1 Å². The van der Waals surface area contributed by atoms with Gasteiger partial charge in [0.1, 0.15) is 16.9 Å². The number of carbonyl (C=O) groups is 1. The van der Waals surface area contributed by atoms with Crippen LogP contribution in [0.25, 0.3) is 0 Å². The van der Waals surface area contributed by atoms with E-state index in [1.807, 2.05) is 32.9 Å². The molecule has 5 rings (SSSR count). The van der Waals surface area contributed by atoms with Gasteiger partial charge in [0.2, 0.25) is 0 Å². The molecule has 4 fully saturated rings. The van der Waals surface area contributed by atoms with E-state index in [1.54, 1.807) is 13.2 Å². The average molecular weight is 466 g/mol. The molecule has 1 saturated heterocycles.